The van der Waals surface area contributed by atoms with E-state index in [0.29, 0.717) is 34.4 Å². The van der Waals surface area contributed by atoms with E-state index in [1.807, 2.05) is 0 Å². The number of piperidine rings is 1. The number of hydrogen-bond donors (Lipinski definition) is 0. The van der Waals surface area contributed by atoms with Gasteiger partial charge in [-0.15, -0.1) is 0 Å². The van der Waals surface area contributed by atoms with Crippen LogP contribution in [-0.4, -0.2) is 29.8 Å². The molecule has 0 aromatic rings. The molecule has 0 aromatic carbocycles. The van der Waals surface area contributed by atoms with Gasteiger partial charge in [-0.05, 0) is 79.6 Å². The van der Waals surface area contributed by atoms with Crippen LogP contribution in [0.4, 0.5) is 0 Å². The second kappa shape index (κ2) is 4.13. The summed E-state index contributed by atoms with van der Waals surface area (Å²) in [7, 11) is 0. The molecule has 7 aliphatic rings. The standard InChI is InChI=1S/C22H33NO/c1-4-23-12-20(3)7-5-8-22-16(20)11-15(18(22)23)21-9-6-14(10-17(21)22)13(2)19(21)24/h13-18H,4-12H2,1-3H3/t13-,14-,15-,16+,17+,18+,20+,21-,22+/m0/s1. The van der Waals surface area contributed by atoms with Gasteiger partial charge in [0.2, 0.25) is 0 Å². The minimum atomic E-state index is 0.103. The summed E-state index contributed by atoms with van der Waals surface area (Å²) in [5, 5.41) is 0. The molecule has 132 valence electrons. The van der Waals surface area contributed by atoms with Gasteiger partial charge in [-0.3, -0.25) is 9.69 Å². The molecule has 2 heteroatoms. The van der Waals surface area contributed by atoms with E-state index in [9.17, 15) is 4.79 Å². The van der Waals surface area contributed by atoms with Gasteiger partial charge in [0.25, 0.3) is 0 Å². The Labute approximate surface area is 146 Å². The molecule has 1 heterocycles. The molecule has 6 saturated carbocycles. The second-order valence-electron chi connectivity index (χ2n) is 10.8. The molecule has 6 aliphatic carbocycles. The summed E-state index contributed by atoms with van der Waals surface area (Å²) in [6.07, 6.45) is 9.66. The van der Waals surface area contributed by atoms with Crippen LogP contribution in [0.2, 0.25) is 0 Å². The molecule has 0 aromatic heterocycles. The van der Waals surface area contributed by atoms with E-state index in [1.165, 1.54) is 58.0 Å². The number of fused-ring (bicyclic) bond motifs is 2. The third kappa shape index (κ3) is 1.23. The molecule has 0 radical (unpaired) electrons. The summed E-state index contributed by atoms with van der Waals surface area (Å²) in [6.45, 7) is 9.75. The van der Waals surface area contributed by atoms with E-state index < -0.39 is 0 Å². The molecule has 9 atom stereocenters. The van der Waals surface area contributed by atoms with Gasteiger partial charge < -0.3 is 0 Å². The zero-order valence-corrected chi connectivity index (χ0v) is 15.7. The first-order valence-corrected chi connectivity index (χ1v) is 10.8. The van der Waals surface area contributed by atoms with E-state index >= 15 is 0 Å². The zero-order valence-electron chi connectivity index (χ0n) is 15.7. The maximum Gasteiger partial charge on any atom is 0.142 e. The fraction of sp³-hybridized carbons (Fsp3) is 0.955. The summed E-state index contributed by atoms with van der Waals surface area (Å²) in [6, 6.07) is 0.749. The maximum absolute atomic E-state index is 13.6. The van der Waals surface area contributed by atoms with E-state index in [4.69, 9.17) is 0 Å². The number of carbonyl (C=O) groups is 1. The Morgan fingerprint density at radius 2 is 2.00 bits per heavy atom. The summed E-state index contributed by atoms with van der Waals surface area (Å²) >= 11 is 0. The SMILES string of the molecule is CCN1C[C@@]2(C)CCC[C@]34[C@@H]2C[C@@H]([C@@H]13)[C@@]12CC[C@@H](C[C@H]14)[C@H](C)C2=O. The number of likely N-dealkylation sites (tertiary alicyclic amines) is 1. The first-order chi connectivity index (χ1) is 11.5. The summed E-state index contributed by atoms with van der Waals surface area (Å²) < 4.78 is 0. The van der Waals surface area contributed by atoms with Crippen molar-refractivity contribution in [2.75, 3.05) is 13.1 Å². The van der Waals surface area contributed by atoms with Crippen molar-refractivity contribution < 1.29 is 4.79 Å². The van der Waals surface area contributed by atoms with Crippen molar-refractivity contribution in [3.63, 3.8) is 0 Å². The van der Waals surface area contributed by atoms with Crippen molar-refractivity contribution in [3.05, 3.63) is 0 Å². The molecular weight excluding hydrogens is 294 g/mol. The molecular formula is C22H33NO. The van der Waals surface area contributed by atoms with Gasteiger partial charge in [0.1, 0.15) is 5.78 Å². The van der Waals surface area contributed by atoms with Crippen molar-refractivity contribution >= 4 is 5.78 Å². The molecule has 24 heavy (non-hydrogen) atoms. The highest BCUT2D eigenvalue weighted by Crippen LogP contribution is 2.82. The quantitative estimate of drug-likeness (QED) is 0.721. The Kier molecular flexibility index (Phi) is 2.54. The van der Waals surface area contributed by atoms with Crippen LogP contribution in [0.1, 0.15) is 65.7 Å². The van der Waals surface area contributed by atoms with E-state index in [2.05, 4.69) is 25.7 Å². The normalized spacial score (nSPS) is 63.7. The summed E-state index contributed by atoms with van der Waals surface area (Å²) in [4.78, 5) is 16.4. The highest BCUT2D eigenvalue weighted by Gasteiger charge is 2.82. The molecule has 1 saturated heterocycles. The van der Waals surface area contributed by atoms with Crippen LogP contribution in [0.3, 0.4) is 0 Å². The van der Waals surface area contributed by atoms with Gasteiger partial charge in [0.05, 0.1) is 0 Å². The minimum absolute atomic E-state index is 0.103. The van der Waals surface area contributed by atoms with Crippen LogP contribution < -0.4 is 0 Å². The van der Waals surface area contributed by atoms with Crippen molar-refractivity contribution in [2.45, 2.75) is 71.8 Å². The predicted octanol–water partition coefficient (Wildman–Crippen LogP) is 4.14. The van der Waals surface area contributed by atoms with E-state index in [0.717, 1.165) is 17.9 Å². The van der Waals surface area contributed by atoms with E-state index in [1.54, 1.807) is 0 Å². The lowest BCUT2D eigenvalue weighted by Gasteiger charge is -2.66. The fourth-order valence-corrected chi connectivity index (χ4v) is 10.1. The Balaban J connectivity index is 1.58. The largest absolute Gasteiger partial charge is 0.299 e. The van der Waals surface area contributed by atoms with Crippen LogP contribution in [0, 0.1) is 45.8 Å². The summed E-state index contributed by atoms with van der Waals surface area (Å²) in [5.41, 5.74) is 1.15. The van der Waals surface area contributed by atoms with Gasteiger partial charge in [0.15, 0.2) is 0 Å². The average molecular weight is 328 g/mol. The van der Waals surface area contributed by atoms with Crippen LogP contribution in [0.15, 0.2) is 0 Å². The maximum atomic E-state index is 13.6. The zero-order chi connectivity index (χ0) is 16.5. The molecule has 0 amide bonds. The van der Waals surface area contributed by atoms with Crippen molar-refractivity contribution in [2.24, 2.45) is 45.8 Å². The molecule has 7 fully saturated rings. The van der Waals surface area contributed by atoms with Gasteiger partial charge in [-0.25, -0.2) is 0 Å². The smallest absolute Gasteiger partial charge is 0.142 e. The Morgan fingerprint density at radius 3 is 2.79 bits per heavy atom. The number of ketones is 1. The Hall–Kier alpha value is -0.370. The minimum Gasteiger partial charge on any atom is -0.299 e. The van der Waals surface area contributed by atoms with Crippen molar-refractivity contribution in [1.82, 2.24) is 4.90 Å². The molecule has 7 rings (SSSR count). The topological polar surface area (TPSA) is 20.3 Å². The van der Waals surface area contributed by atoms with E-state index in [-0.39, 0.29) is 5.41 Å². The Bertz CT molecular complexity index is 629. The third-order valence-electron chi connectivity index (χ3n) is 10.6. The summed E-state index contributed by atoms with van der Waals surface area (Å²) in [5.74, 6) is 4.15. The number of Topliss-reactive ketones (excluding diaryl/α,β-unsaturated/α-hetero) is 1. The highest BCUT2D eigenvalue weighted by atomic mass is 16.1. The first kappa shape index (κ1) is 14.8. The number of nitrogens with zero attached hydrogens (tertiary/aromatic N) is 1. The van der Waals surface area contributed by atoms with Crippen LogP contribution in [0.25, 0.3) is 0 Å². The number of hydrogen-bond acceptors (Lipinski definition) is 2. The molecule has 7 bridgehead atoms. The Morgan fingerprint density at radius 1 is 1.17 bits per heavy atom. The predicted molar refractivity (Wildman–Crippen MR) is 94.5 cm³/mol. The van der Waals surface area contributed by atoms with Crippen molar-refractivity contribution in [1.29, 1.82) is 0 Å². The second-order valence-corrected chi connectivity index (χ2v) is 10.8. The van der Waals surface area contributed by atoms with Crippen LogP contribution >= 0.6 is 0 Å². The van der Waals surface area contributed by atoms with Gasteiger partial charge in [-0.2, -0.15) is 0 Å². The third-order valence-corrected chi connectivity index (χ3v) is 10.6. The highest BCUT2D eigenvalue weighted by molar-refractivity contribution is 5.90. The van der Waals surface area contributed by atoms with Crippen molar-refractivity contribution in [3.8, 4) is 0 Å². The number of carbonyl (C=O) groups excluding carboxylic acids is 1. The van der Waals surface area contributed by atoms with Crippen LogP contribution in [-0.2, 0) is 4.79 Å². The van der Waals surface area contributed by atoms with Crippen LogP contribution in [0.5, 0.6) is 0 Å². The van der Waals surface area contributed by atoms with Gasteiger partial charge in [-0.1, -0.05) is 27.2 Å². The fourth-order valence-electron chi connectivity index (χ4n) is 10.1. The monoisotopic (exact) mass is 327 g/mol. The lowest BCUT2D eigenvalue weighted by Crippen LogP contribution is -2.65. The first-order valence-electron chi connectivity index (χ1n) is 10.8. The lowest BCUT2D eigenvalue weighted by atomic mass is 9.39. The van der Waals surface area contributed by atoms with Gasteiger partial charge in [0, 0.05) is 23.9 Å². The van der Waals surface area contributed by atoms with Gasteiger partial charge >= 0.3 is 0 Å². The molecule has 0 N–H and O–H groups in total. The molecule has 0 unspecified atom stereocenters. The number of rotatable bonds is 1. The molecule has 2 nitrogen and oxygen atoms in total. The lowest BCUT2D eigenvalue weighted by molar-refractivity contribution is -0.185. The molecule has 1 aliphatic heterocycles. The average Bonchev–Trinajstić information content (AvgIpc) is 2.99. The molecule has 2 spiro atoms.